The van der Waals surface area contributed by atoms with Crippen molar-refractivity contribution < 1.29 is 9.21 Å². The molecule has 18 heavy (non-hydrogen) atoms. The maximum Gasteiger partial charge on any atom is 0.237 e. The molecule has 2 aromatic rings. The molecule has 0 spiro atoms. The van der Waals surface area contributed by atoms with Crippen LogP contribution in [0.3, 0.4) is 0 Å². The van der Waals surface area contributed by atoms with E-state index in [9.17, 15) is 4.79 Å². The average molecular weight is 247 g/mol. The lowest BCUT2D eigenvalue weighted by molar-refractivity contribution is -0.108. The molecule has 3 heterocycles. The Labute approximate surface area is 104 Å². The van der Waals surface area contributed by atoms with Gasteiger partial charge in [0.2, 0.25) is 12.3 Å². The Kier molecular flexibility index (Phi) is 2.71. The minimum absolute atomic E-state index is 0.428. The van der Waals surface area contributed by atoms with Crippen molar-refractivity contribution in [3.05, 3.63) is 24.5 Å². The van der Waals surface area contributed by atoms with Crippen molar-refractivity contribution in [2.75, 3.05) is 23.0 Å². The van der Waals surface area contributed by atoms with Crippen molar-refractivity contribution in [3.8, 4) is 0 Å². The summed E-state index contributed by atoms with van der Waals surface area (Å²) >= 11 is 0. The molecule has 94 valence electrons. The van der Waals surface area contributed by atoms with Crippen molar-refractivity contribution in [1.82, 2.24) is 15.1 Å². The highest BCUT2D eigenvalue weighted by molar-refractivity contribution is 5.71. The summed E-state index contributed by atoms with van der Waals surface area (Å²) in [6.45, 7) is 1.99. The predicted molar refractivity (Wildman–Crippen MR) is 64.1 cm³/mol. The number of carbonyl (C=O) groups excluding carboxylic acids is 1. The van der Waals surface area contributed by atoms with Gasteiger partial charge in [-0.1, -0.05) is 0 Å². The van der Waals surface area contributed by atoms with E-state index in [0.29, 0.717) is 12.3 Å². The zero-order valence-corrected chi connectivity index (χ0v) is 9.77. The second-order valence-corrected chi connectivity index (χ2v) is 4.08. The van der Waals surface area contributed by atoms with Crippen LogP contribution in [0.1, 0.15) is 12.8 Å². The Balaban J connectivity index is 1.85. The van der Waals surface area contributed by atoms with E-state index >= 15 is 0 Å². The minimum atomic E-state index is 0.428. The molecule has 3 rings (SSSR count). The average Bonchev–Trinajstić information content (AvgIpc) is 3.13. The van der Waals surface area contributed by atoms with Crippen LogP contribution in [0.2, 0.25) is 0 Å². The summed E-state index contributed by atoms with van der Waals surface area (Å²) < 4.78 is 5.68. The second-order valence-electron chi connectivity index (χ2n) is 4.08. The fourth-order valence-corrected chi connectivity index (χ4v) is 2.07. The van der Waals surface area contributed by atoms with Crippen molar-refractivity contribution in [2.24, 2.45) is 0 Å². The smallest absolute Gasteiger partial charge is 0.237 e. The Morgan fingerprint density at radius 1 is 1.33 bits per heavy atom. The van der Waals surface area contributed by atoms with Gasteiger partial charge in [-0.2, -0.15) is 5.01 Å². The van der Waals surface area contributed by atoms with Gasteiger partial charge in [-0.15, -0.1) is 9.89 Å². The summed E-state index contributed by atoms with van der Waals surface area (Å²) in [5.74, 6) is 1.21. The van der Waals surface area contributed by atoms with Crippen molar-refractivity contribution >= 4 is 18.2 Å². The number of carbonyl (C=O) groups is 1. The highest BCUT2D eigenvalue weighted by atomic mass is 16.4. The molecule has 1 fully saturated rings. The minimum Gasteiger partial charge on any atom is -0.423 e. The van der Waals surface area contributed by atoms with Crippen LogP contribution in [-0.4, -0.2) is 34.6 Å². The Morgan fingerprint density at radius 3 is 2.83 bits per heavy atom. The molecule has 0 aromatic carbocycles. The van der Waals surface area contributed by atoms with E-state index in [-0.39, 0.29) is 0 Å². The number of anilines is 2. The second kappa shape index (κ2) is 4.52. The van der Waals surface area contributed by atoms with Crippen LogP contribution >= 0.6 is 0 Å². The van der Waals surface area contributed by atoms with Gasteiger partial charge in [-0.05, 0) is 18.1 Å². The molecule has 0 radical (unpaired) electrons. The number of nitrogens with zero attached hydrogens (tertiary/aromatic N) is 5. The lowest BCUT2D eigenvalue weighted by Crippen LogP contribution is -2.28. The topological polar surface area (TPSA) is 67.4 Å². The molecule has 0 unspecified atom stereocenters. The molecule has 7 nitrogen and oxygen atoms in total. The molecule has 1 aliphatic rings. The van der Waals surface area contributed by atoms with Gasteiger partial charge in [-0.25, -0.2) is 0 Å². The molecule has 0 aliphatic carbocycles. The van der Waals surface area contributed by atoms with Gasteiger partial charge in [0.25, 0.3) is 0 Å². The molecule has 1 saturated heterocycles. The summed E-state index contributed by atoms with van der Waals surface area (Å²) in [5, 5.41) is 8.68. The van der Waals surface area contributed by atoms with E-state index in [2.05, 4.69) is 15.2 Å². The van der Waals surface area contributed by atoms with Crippen LogP contribution < -0.4 is 9.91 Å². The molecule has 1 amide bonds. The quantitative estimate of drug-likeness (QED) is 0.751. The zero-order valence-electron chi connectivity index (χ0n) is 9.77. The van der Waals surface area contributed by atoms with Gasteiger partial charge in [0.15, 0.2) is 5.88 Å². The van der Waals surface area contributed by atoms with Gasteiger partial charge >= 0.3 is 0 Å². The van der Waals surface area contributed by atoms with Crippen LogP contribution in [0.4, 0.5) is 11.8 Å². The highest BCUT2D eigenvalue weighted by Crippen LogP contribution is 2.27. The molecule has 0 saturated carbocycles. The molecule has 0 N–H and O–H groups in total. The summed E-state index contributed by atoms with van der Waals surface area (Å²) in [5.41, 5.74) is 0. The van der Waals surface area contributed by atoms with E-state index in [1.54, 1.807) is 12.3 Å². The van der Waals surface area contributed by atoms with E-state index < -0.39 is 0 Å². The van der Waals surface area contributed by atoms with Crippen LogP contribution in [0.15, 0.2) is 28.9 Å². The standard InChI is InChI=1S/C11H13N5O2/c17-9-15(16-8-5-12-13-16)11-4-3-10(18-11)14-6-1-2-7-14/h3-5,8-9H,1-2,6-7H2. The first-order valence-electron chi connectivity index (χ1n) is 5.84. The third-order valence-electron chi connectivity index (χ3n) is 2.95. The number of rotatable bonds is 4. The van der Waals surface area contributed by atoms with Crippen LogP contribution in [0, 0.1) is 0 Å². The van der Waals surface area contributed by atoms with E-state index in [1.165, 1.54) is 28.8 Å². The molecule has 7 heteroatoms. The first kappa shape index (κ1) is 10.8. The molecular weight excluding hydrogens is 234 g/mol. The fourth-order valence-electron chi connectivity index (χ4n) is 2.07. The SMILES string of the molecule is O=CN(c1ccc(N2CCCC2)o1)n1ccnn1. The number of furan rings is 1. The molecule has 0 atom stereocenters. The first-order valence-corrected chi connectivity index (χ1v) is 5.84. The number of aromatic nitrogens is 3. The normalized spacial score (nSPS) is 15.0. The number of amides is 1. The molecular formula is C11H13N5O2. The van der Waals surface area contributed by atoms with E-state index in [4.69, 9.17) is 4.42 Å². The largest absolute Gasteiger partial charge is 0.423 e. The summed E-state index contributed by atoms with van der Waals surface area (Å²) in [6.07, 6.45) is 6.07. The third kappa shape index (κ3) is 1.83. The zero-order chi connectivity index (χ0) is 12.4. The maximum atomic E-state index is 11.1. The molecule has 1 aliphatic heterocycles. The van der Waals surface area contributed by atoms with Gasteiger partial charge in [0, 0.05) is 25.2 Å². The fraction of sp³-hybridized carbons (Fsp3) is 0.364. The van der Waals surface area contributed by atoms with Crippen molar-refractivity contribution in [1.29, 1.82) is 0 Å². The van der Waals surface area contributed by atoms with Crippen molar-refractivity contribution in [3.63, 3.8) is 0 Å². The van der Waals surface area contributed by atoms with Gasteiger partial charge in [0.05, 0.1) is 12.4 Å². The maximum absolute atomic E-state index is 11.1. The molecule has 2 aromatic heterocycles. The Bertz CT molecular complexity index is 515. The van der Waals surface area contributed by atoms with Crippen LogP contribution in [-0.2, 0) is 4.79 Å². The highest BCUT2D eigenvalue weighted by Gasteiger charge is 2.18. The molecule has 0 bridgehead atoms. The summed E-state index contributed by atoms with van der Waals surface area (Å²) in [4.78, 5) is 14.6. The predicted octanol–water partition coefficient (Wildman–Crippen LogP) is 0.897. The van der Waals surface area contributed by atoms with Gasteiger partial charge in [0.1, 0.15) is 0 Å². The first-order chi connectivity index (χ1) is 8.88. The van der Waals surface area contributed by atoms with Crippen molar-refractivity contribution in [2.45, 2.75) is 12.8 Å². The summed E-state index contributed by atoms with van der Waals surface area (Å²) in [7, 11) is 0. The monoisotopic (exact) mass is 247 g/mol. The van der Waals surface area contributed by atoms with Crippen LogP contribution in [0.5, 0.6) is 0 Å². The lowest BCUT2D eigenvalue weighted by Gasteiger charge is -2.15. The van der Waals surface area contributed by atoms with Gasteiger partial charge < -0.3 is 9.32 Å². The van der Waals surface area contributed by atoms with E-state index in [1.807, 2.05) is 6.07 Å². The van der Waals surface area contributed by atoms with Gasteiger partial charge in [-0.3, -0.25) is 4.79 Å². The lowest BCUT2D eigenvalue weighted by atomic mass is 10.4. The van der Waals surface area contributed by atoms with Crippen LogP contribution in [0.25, 0.3) is 0 Å². The number of hydrogen-bond acceptors (Lipinski definition) is 5. The third-order valence-corrected chi connectivity index (χ3v) is 2.95. The Morgan fingerprint density at radius 2 is 2.17 bits per heavy atom. The summed E-state index contributed by atoms with van der Waals surface area (Å²) in [6, 6.07) is 3.62. The van der Waals surface area contributed by atoms with E-state index in [0.717, 1.165) is 19.0 Å². The number of hydrogen-bond donors (Lipinski definition) is 0. The Hall–Kier alpha value is -2.31.